The number of rotatable bonds is 4. The van der Waals surface area contributed by atoms with E-state index >= 15 is 0 Å². The highest BCUT2D eigenvalue weighted by molar-refractivity contribution is 5.98. The Bertz CT molecular complexity index is 1260. The molecule has 0 aliphatic rings. The normalized spacial score (nSPS) is 10.9. The maximum absolute atomic E-state index is 6.21. The fourth-order valence-corrected chi connectivity index (χ4v) is 3.36. The molecule has 0 radical (unpaired) electrons. The van der Waals surface area contributed by atoms with Crippen molar-refractivity contribution in [1.82, 2.24) is 14.8 Å². The van der Waals surface area contributed by atoms with E-state index in [0.29, 0.717) is 5.82 Å². The largest absolute Gasteiger partial charge is 0.457 e. The molecule has 2 N–H and O–H groups in total. The van der Waals surface area contributed by atoms with E-state index in [1.54, 1.807) is 6.20 Å². The number of nitrogen functional groups attached to an aromatic ring is 1. The SMILES string of the molecule is Nc1nn(-c2ccc(Oc3ccccc3)cc2)c2c(-c3ccccc3)nccc12. The van der Waals surface area contributed by atoms with Gasteiger partial charge < -0.3 is 10.5 Å². The van der Waals surface area contributed by atoms with Crippen molar-refractivity contribution in [3.63, 3.8) is 0 Å². The third-order valence-corrected chi connectivity index (χ3v) is 4.73. The monoisotopic (exact) mass is 378 g/mol. The minimum Gasteiger partial charge on any atom is -0.457 e. The van der Waals surface area contributed by atoms with Crippen molar-refractivity contribution in [3.05, 3.63) is 97.2 Å². The molecule has 0 amide bonds. The fourth-order valence-electron chi connectivity index (χ4n) is 3.36. The molecule has 5 heteroatoms. The molecule has 5 nitrogen and oxygen atoms in total. The van der Waals surface area contributed by atoms with E-state index < -0.39 is 0 Å². The quantitative estimate of drug-likeness (QED) is 0.451. The van der Waals surface area contributed by atoms with Crippen LogP contribution in [-0.2, 0) is 0 Å². The zero-order valence-electron chi connectivity index (χ0n) is 15.6. The highest BCUT2D eigenvalue weighted by Gasteiger charge is 2.16. The van der Waals surface area contributed by atoms with E-state index in [0.717, 1.165) is 39.3 Å². The molecular formula is C24H18N4O. The summed E-state index contributed by atoms with van der Waals surface area (Å²) in [5.41, 5.74) is 9.84. The number of fused-ring (bicyclic) bond motifs is 1. The number of hydrogen-bond donors (Lipinski definition) is 1. The Morgan fingerprint density at radius 1 is 0.724 bits per heavy atom. The summed E-state index contributed by atoms with van der Waals surface area (Å²) in [7, 11) is 0. The van der Waals surface area contributed by atoms with E-state index in [-0.39, 0.29) is 0 Å². The minimum absolute atomic E-state index is 0.476. The van der Waals surface area contributed by atoms with Crippen LogP contribution in [0.25, 0.3) is 27.8 Å². The third kappa shape index (κ3) is 3.19. The molecule has 2 aromatic heterocycles. The number of nitrogens with zero attached hydrogens (tertiary/aromatic N) is 3. The first-order valence-corrected chi connectivity index (χ1v) is 9.31. The maximum Gasteiger partial charge on any atom is 0.153 e. The number of aromatic nitrogens is 3. The molecule has 5 aromatic rings. The number of hydrogen-bond acceptors (Lipinski definition) is 4. The summed E-state index contributed by atoms with van der Waals surface area (Å²) >= 11 is 0. The highest BCUT2D eigenvalue weighted by atomic mass is 16.5. The van der Waals surface area contributed by atoms with E-state index in [1.807, 2.05) is 95.7 Å². The van der Waals surface area contributed by atoms with Gasteiger partial charge in [0.15, 0.2) is 5.82 Å². The van der Waals surface area contributed by atoms with Gasteiger partial charge in [0.25, 0.3) is 0 Å². The van der Waals surface area contributed by atoms with Gasteiger partial charge in [-0.15, -0.1) is 5.10 Å². The molecule has 0 fully saturated rings. The highest BCUT2D eigenvalue weighted by Crippen LogP contribution is 2.32. The first kappa shape index (κ1) is 17.0. The Kier molecular flexibility index (Phi) is 4.18. The molecule has 0 saturated carbocycles. The second-order valence-electron chi connectivity index (χ2n) is 6.63. The molecule has 3 aromatic carbocycles. The van der Waals surface area contributed by atoms with Crippen molar-refractivity contribution in [1.29, 1.82) is 0 Å². The summed E-state index contributed by atoms with van der Waals surface area (Å²) in [6.07, 6.45) is 1.77. The van der Waals surface area contributed by atoms with Crippen molar-refractivity contribution in [2.75, 3.05) is 5.73 Å². The van der Waals surface area contributed by atoms with Crippen LogP contribution in [0.2, 0.25) is 0 Å². The van der Waals surface area contributed by atoms with E-state index in [4.69, 9.17) is 10.5 Å². The molecule has 0 atom stereocenters. The van der Waals surface area contributed by atoms with Crippen LogP contribution in [0, 0.1) is 0 Å². The minimum atomic E-state index is 0.476. The first-order chi connectivity index (χ1) is 14.3. The van der Waals surface area contributed by atoms with Crippen LogP contribution < -0.4 is 10.5 Å². The zero-order valence-corrected chi connectivity index (χ0v) is 15.6. The predicted octanol–water partition coefficient (Wildman–Crippen LogP) is 5.46. The van der Waals surface area contributed by atoms with Gasteiger partial charge >= 0.3 is 0 Å². The van der Waals surface area contributed by atoms with Gasteiger partial charge in [-0.3, -0.25) is 4.98 Å². The first-order valence-electron chi connectivity index (χ1n) is 9.31. The topological polar surface area (TPSA) is 66.0 Å². The van der Waals surface area contributed by atoms with Crippen molar-refractivity contribution in [2.45, 2.75) is 0 Å². The average Bonchev–Trinajstić information content (AvgIpc) is 3.12. The van der Waals surface area contributed by atoms with Gasteiger partial charge in [-0.2, -0.15) is 0 Å². The second-order valence-corrected chi connectivity index (χ2v) is 6.63. The molecule has 0 bridgehead atoms. The molecule has 2 heterocycles. The molecule has 0 spiro atoms. The number of ether oxygens (including phenoxy) is 1. The lowest BCUT2D eigenvalue weighted by Gasteiger charge is -2.09. The molecule has 5 rings (SSSR count). The second kappa shape index (κ2) is 7.13. The number of anilines is 1. The lowest BCUT2D eigenvalue weighted by atomic mass is 10.1. The van der Waals surface area contributed by atoms with Gasteiger partial charge in [0.1, 0.15) is 17.0 Å². The van der Waals surface area contributed by atoms with Crippen molar-refractivity contribution >= 4 is 16.7 Å². The Morgan fingerprint density at radius 3 is 2.10 bits per heavy atom. The van der Waals surface area contributed by atoms with Crippen LogP contribution in [0.5, 0.6) is 11.5 Å². The van der Waals surface area contributed by atoms with Gasteiger partial charge in [-0.25, -0.2) is 4.68 Å². The van der Waals surface area contributed by atoms with E-state index in [2.05, 4.69) is 10.1 Å². The third-order valence-electron chi connectivity index (χ3n) is 4.73. The predicted molar refractivity (Wildman–Crippen MR) is 115 cm³/mol. The Hall–Kier alpha value is -4.12. The van der Waals surface area contributed by atoms with Crippen LogP contribution in [0.4, 0.5) is 5.82 Å². The molecular weight excluding hydrogens is 360 g/mol. The van der Waals surface area contributed by atoms with E-state index in [1.165, 1.54) is 0 Å². The van der Waals surface area contributed by atoms with Crippen LogP contribution in [0.15, 0.2) is 97.2 Å². The summed E-state index contributed by atoms with van der Waals surface area (Å²) < 4.78 is 7.73. The van der Waals surface area contributed by atoms with Crippen LogP contribution in [0.1, 0.15) is 0 Å². The van der Waals surface area contributed by atoms with Gasteiger partial charge in [-0.1, -0.05) is 48.5 Å². The average molecular weight is 378 g/mol. The summed E-state index contributed by atoms with van der Waals surface area (Å²) in [6.45, 7) is 0. The van der Waals surface area contributed by atoms with Crippen molar-refractivity contribution < 1.29 is 4.74 Å². The standard InChI is InChI=1S/C24H18N4O/c25-24-21-15-16-26-22(17-7-3-1-4-8-17)23(21)28(27-24)18-11-13-20(14-12-18)29-19-9-5-2-6-10-19/h1-16H,(H2,25,27). The summed E-state index contributed by atoms with van der Waals surface area (Å²) in [5, 5.41) is 5.45. The maximum atomic E-state index is 6.21. The van der Waals surface area contributed by atoms with Gasteiger partial charge in [0.05, 0.1) is 11.4 Å². The van der Waals surface area contributed by atoms with Gasteiger partial charge in [0.2, 0.25) is 0 Å². The lowest BCUT2D eigenvalue weighted by molar-refractivity contribution is 0.482. The summed E-state index contributed by atoms with van der Waals surface area (Å²) in [6, 6.07) is 29.4. The van der Waals surface area contributed by atoms with E-state index in [9.17, 15) is 0 Å². The molecule has 0 saturated heterocycles. The van der Waals surface area contributed by atoms with Crippen LogP contribution in [0.3, 0.4) is 0 Å². The number of benzene rings is 3. The van der Waals surface area contributed by atoms with Crippen molar-refractivity contribution in [2.24, 2.45) is 0 Å². The number of pyridine rings is 1. The smallest absolute Gasteiger partial charge is 0.153 e. The molecule has 140 valence electrons. The molecule has 0 aliphatic heterocycles. The lowest BCUT2D eigenvalue weighted by Crippen LogP contribution is -1.99. The fraction of sp³-hybridized carbons (Fsp3) is 0. The van der Waals surface area contributed by atoms with Crippen LogP contribution in [-0.4, -0.2) is 14.8 Å². The van der Waals surface area contributed by atoms with Crippen molar-refractivity contribution in [3.8, 4) is 28.4 Å². The Morgan fingerprint density at radius 2 is 1.38 bits per heavy atom. The Balaban J connectivity index is 1.58. The molecule has 29 heavy (non-hydrogen) atoms. The molecule has 0 unspecified atom stereocenters. The number of para-hydroxylation sites is 1. The number of nitrogens with two attached hydrogens (primary N) is 1. The molecule has 0 aliphatic carbocycles. The Labute approximate surface area is 168 Å². The van der Waals surface area contributed by atoms with Gasteiger partial charge in [0, 0.05) is 17.1 Å². The van der Waals surface area contributed by atoms with Crippen LogP contribution >= 0.6 is 0 Å². The summed E-state index contributed by atoms with van der Waals surface area (Å²) in [5.74, 6) is 2.03. The summed E-state index contributed by atoms with van der Waals surface area (Å²) in [4.78, 5) is 4.61. The van der Waals surface area contributed by atoms with Gasteiger partial charge in [-0.05, 0) is 42.5 Å². The zero-order chi connectivity index (χ0) is 19.6.